The lowest BCUT2D eigenvalue weighted by Gasteiger charge is -2.32. The molecule has 1 aliphatic heterocycles. The summed E-state index contributed by atoms with van der Waals surface area (Å²) in [7, 11) is 0. The first kappa shape index (κ1) is 13.0. The van der Waals surface area contributed by atoms with Crippen molar-refractivity contribution in [1.82, 2.24) is 19.7 Å². The first-order valence-corrected chi connectivity index (χ1v) is 6.67. The highest BCUT2D eigenvalue weighted by Crippen LogP contribution is 2.26. The molecule has 106 valence electrons. The van der Waals surface area contributed by atoms with Gasteiger partial charge in [0.05, 0.1) is 18.2 Å². The second kappa shape index (κ2) is 4.82. The molecule has 2 aromatic rings. The van der Waals surface area contributed by atoms with E-state index in [9.17, 15) is 9.59 Å². The molecular formula is C13H16N4O3. The van der Waals surface area contributed by atoms with Crippen molar-refractivity contribution in [3.63, 3.8) is 0 Å². The smallest absolute Gasteiger partial charge is 0.293 e. The van der Waals surface area contributed by atoms with Gasteiger partial charge in [-0.25, -0.2) is 14.6 Å². The van der Waals surface area contributed by atoms with Gasteiger partial charge in [0.25, 0.3) is 11.1 Å². The van der Waals surface area contributed by atoms with Crippen LogP contribution in [-0.2, 0) is 4.74 Å². The van der Waals surface area contributed by atoms with E-state index < -0.39 is 0 Å². The van der Waals surface area contributed by atoms with Crippen LogP contribution >= 0.6 is 0 Å². The number of rotatable bonds is 1. The number of aromatic nitrogens is 4. The molecule has 0 saturated carbocycles. The Morgan fingerprint density at radius 1 is 1.15 bits per heavy atom. The summed E-state index contributed by atoms with van der Waals surface area (Å²) in [4.78, 5) is 32.4. The van der Waals surface area contributed by atoms with Gasteiger partial charge in [0.1, 0.15) is 0 Å². The SMILES string of the molecule is CC1CC(n2[nH]c(=O)c3nccnc3c2=O)CC(C)O1. The van der Waals surface area contributed by atoms with Crippen LogP contribution in [0.2, 0.25) is 0 Å². The molecule has 0 aliphatic carbocycles. The summed E-state index contributed by atoms with van der Waals surface area (Å²) in [6, 6.07) is -0.0830. The minimum Gasteiger partial charge on any atom is -0.375 e. The predicted molar refractivity (Wildman–Crippen MR) is 72.7 cm³/mol. The van der Waals surface area contributed by atoms with Crippen LogP contribution in [0.1, 0.15) is 32.7 Å². The van der Waals surface area contributed by atoms with Gasteiger partial charge in [0.15, 0.2) is 11.0 Å². The number of fused-ring (bicyclic) bond motifs is 1. The van der Waals surface area contributed by atoms with Crippen LogP contribution in [0.25, 0.3) is 11.0 Å². The number of hydrogen-bond donors (Lipinski definition) is 1. The Morgan fingerprint density at radius 3 is 2.40 bits per heavy atom. The number of hydrogen-bond acceptors (Lipinski definition) is 5. The molecule has 0 bridgehead atoms. The van der Waals surface area contributed by atoms with E-state index in [4.69, 9.17) is 4.74 Å². The third-order valence-corrected chi connectivity index (χ3v) is 3.59. The van der Waals surface area contributed by atoms with Crippen LogP contribution < -0.4 is 11.1 Å². The Labute approximate surface area is 114 Å². The zero-order valence-corrected chi connectivity index (χ0v) is 11.4. The molecule has 0 radical (unpaired) electrons. The normalized spacial score (nSPS) is 26.8. The van der Waals surface area contributed by atoms with Crippen molar-refractivity contribution in [2.45, 2.75) is 44.9 Å². The third-order valence-electron chi connectivity index (χ3n) is 3.59. The summed E-state index contributed by atoms with van der Waals surface area (Å²) in [6.07, 6.45) is 4.30. The molecule has 0 amide bonds. The van der Waals surface area contributed by atoms with Gasteiger partial charge in [-0.15, -0.1) is 0 Å². The van der Waals surface area contributed by atoms with E-state index in [0.29, 0.717) is 12.8 Å². The molecule has 7 heteroatoms. The van der Waals surface area contributed by atoms with E-state index >= 15 is 0 Å². The Morgan fingerprint density at radius 2 is 1.75 bits per heavy atom. The lowest BCUT2D eigenvalue weighted by molar-refractivity contribution is -0.0514. The molecule has 20 heavy (non-hydrogen) atoms. The summed E-state index contributed by atoms with van der Waals surface area (Å²) >= 11 is 0. The molecule has 1 N–H and O–H groups in total. The van der Waals surface area contributed by atoms with Crippen molar-refractivity contribution >= 4 is 11.0 Å². The Balaban J connectivity index is 2.15. The highest BCUT2D eigenvalue weighted by atomic mass is 16.5. The van der Waals surface area contributed by atoms with Gasteiger partial charge in [-0.1, -0.05) is 0 Å². The fourth-order valence-electron chi connectivity index (χ4n) is 2.83. The van der Waals surface area contributed by atoms with Gasteiger partial charge in [-0.05, 0) is 26.7 Å². The molecule has 2 atom stereocenters. The summed E-state index contributed by atoms with van der Waals surface area (Å²) in [5.41, 5.74) is -0.497. The minimum atomic E-state index is -0.389. The summed E-state index contributed by atoms with van der Waals surface area (Å²) in [5, 5.41) is 2.62. The topological polar surface area (TPSA) is 89.9 Å². The number of aromatic amines is 1. The third kappa shape index (κ3) is 2.14. The van der Waals surface area contributed by atoms with Crippen LogP contribution in [0.5, 0.6) is 0 Å². The van der Waals surface area contributed by atoms with Gasteiger partial charge in [0, 0.05) is 12.4 Å². The van der Waals surface area contributed by atoms with E-state index in [0.717, 1.165) is 0 Å². The number of ether oxygens (including phenoxy) is 1. The number of nitrogens with zero attached hydrogens (tertiary/aromatic N) is 3. The predicted octanol–water partition coefficient (Wildman–Crippen LogP) is 0.608. The molecule has 2 unspecified atom stereocenters. The highest BCUT2D eigenvalue weighted by Gasteiger charge is 2.27. The molecule has 3 rings (SSSR count). The lowest BCUT2D eigenvalue weighted by Crippen LogP contribution is -2.39. The highest BCUT2D eigenvalue weighted by molar-refractivity contribution is 5.70. The Hall–Kier alpha value is -2.02. The average Bonchev–Trinajstić information content (AvgIpc) is 2.42. The van der Waals surface area contributed by atoms with Gasteiger partial charge >= 0.3 is 0 Å². The maximum atomic E-state index is 12.4. The number of H-pyrrole nitrogens is 1. The zero-order valence-electron chi connectivity index (χ0n) is 11.4. The molecule has 1 aliphatic rings. The van der Waals surface area contributed by atoms with Crippen LogP contribution in [0.3, 0.4) is 0 Å². The van der Waals surface area contributed by atoms with E-state index in [1.54, 1.807) is 0 Å². The average molecular weight is 276 g/mol. The van der Waals surface area contributed by atoms with Crippen LogP contribution in [0, 0.1) is 0 Å². The first-order chi connectivity index (χ1) is 9.56. The molecule has 2 aromatic heterocycles. The molecule has 0 spiro atoms. The second-order valence-electron chi connectivity index (χ2n) is 5.25. The standard InChI is InChI=1S/C13H16N4O3/c1-7-5-9(6-8(2)20-7)17-13(19)11-10(12(18)16-17)14-3-4-15-11/h3-4,7-9H,5-6H2,1-2H3,(H,16,18). The number of nitrogens with one attached hydrogen (secondary N) is 1. The lowest BCUT2D eigenvalue weighted by atomic mass is 10.00. The van der Waals surface area contributed by atoms with Gasteiger partial charge < -0.3 is 4.74 Å². The van der Waals surface area contributed by atoms with E-state index in [-0.39, 0.29) is 40.4 Å². The van der Waals surface area contributed by atoms with Crippen molar-refractivity contribution in [3.05, 3.63) is 33.1 Å². The van der Waals surface area contributed by atoms with Crippen molar-refractivity contribution in [1.29, 1.82) is 0 Å². The zero-order chi connectivity index (χ0) is 14.3. The summed E-state index contributed by atoms with van der Waals surface area (Å²) < 4.78 is 7.04. The molecule has 1 fully saturated rings. The molecule has 0 aromatic carbocycles. The Kier molecular flexibility index (Phi) is 3.13. The van der Waals surface area contributed by atoms with Crippen LogP contribution in [0.15, 0.2) is 22.0 Å². The molecule has 7 nitrogen and oxygen atoms in total. The van der Waals surface area contributed by atoms with Crippen molar-refractivity contribution < 1.29 is 4.74 Å². The molecule has 3 heterocycles. The van der Waals surface area contributed by atoms with Crippen molar-refractivity contribution in [3.8, 4) is 0 Å². The Bertz CT molecular complexity index is 741. The van der Waals surface area contributed by atoms with E-state index in [1.807, 2.05) is 13.8 Å². The summed E-state index contributed by atoms with van der Waals surface area (Å²) in [5.74, 6) is 0. The maximum Gasteiger partial charge on any atom is 0.293 e. The van der Waals surface area contributed by atoms with Gasteiger partial charge in [-0.2, -0.15) is 0 Å². The summed E-state index contributed by atoms with van der Waals surface area (Å²) in [6.45, 7) is 3.93. The van der Waals surface area contributed by atoms with Gasteiger partial charge in [0.2, 0.25) is 0 Å². The van der Waals surface area contributed by atoms with Crippen LogP contribution in [-0.4, -0.2) is 32.0 Å². The molecule has 1 saturated heterocycles. The van der Waals surface area contributed by atoms with E-state index in [2.05, 4.69) is 15.1 Å². The first-order valence-electron chi connectivity index (χ1n) is 6.67. The van der Waals surface area contributed by atoms with Crippen molar-refractivity contribution in [2.24, 2.45) is 0 Å². The fraction of sp³-hybridized carbons (Fsp3) is 0.538. The minimum absolute atomic E-state index is 0.0525. The van der Waals surface area contributed by atoms with E-state index in [1.165, 1.54) is 17.1 Å². The van der Waals surface area contributed by atoms with Crippen molar-refractivity contribution in [2.75, 3.05) is 0 Å². The second-order valence-corrected chi connectivity index (χ2v) is 5.25. The van der Waals surface area contributed by atoms with Crippen LogP contribution in [0.4, 0.5) is 0 Å². The van der Waals surface area contributed by atoms with Gasteiger partial charge in [-0.3, -0.25) is 14.7 Å². The maximum absolute atomic E-state index is 12.4. The quantitative estimate of drug-likeness (QED) is 0.824. The largest absolute Gasteiger partial charge is 0.375 e. The molecular weight excluding hydrogens is 260 g/mol. The monoisotopic (exact) mass is 276 g/mol. The fourth-order valence-corrected chi connectivity index (χ4v) is 2.83.